The van der Waals surface area contributed by atoms with Crippen molar-refractivity contribution < 1.29 is 17.7 Å². The van der Waals surface area contributed by atoms with E-state index in [-0.39, 0.29) is 17.1 Å². The molecular formula is C14H21ClFN3O2S. The van der Waals surface area contributed by atoms with Crippen molar-refractivity contribution >= 4 is 21.6 Å². The minimum absolute atomic E-state index is 0.0140. The summed E-state index contributed by atoms with van der Waals surface area (Å²) in [6, 6.07) is 4.12. The number of hydrogen-bond donors (Lipinski definition) is 1. The number of benzene rings is 1. The summed E-state index contributed by atoms with van der Waals surface area (Å²) in [5, 5.41) is 0.114. The Morgan fingerprint density at radius 3 is 2.68 bits per heavy atom. The van der Waals surface area contributed by atoms with Crippen molar-refractivity contribution in [1.29, 1.82) is 0 Å². The van der Waals surface area contributed by atoms with Crippen LogP contribution >= 0.6 is 11.6 Å². The normalized spacial score (nSPS) is 17.8. The second-order valence-electron chi connectivity index (χ2n) is 5.58. The lowest BCUT2D eigenvalue weighted by Crippen LogP contribution is -3.15. The molecule has 1 aliphatic heterocycles. The van der Waals surface area contributed by atoms with E-state index < -0.39 is 21.6 Å². The highest BCUT2D eigenvalue weighted by atomic mass is 35.5. The van der Waals surface area contributed by atoms with Crippen LogP contribution < -0.4 is 4.90 Å². The maximum atomic E-state index is 13.6. The van der Waals surface area contributed by atoms with Crippen LogP contribution in [0.1, 0.15) is 5.56 Å². The molecule has 8 heteroatoms. The topological polar surface area (TPSA) is 55.9 Å². The van der Waals surface area contributed by atoms with Crippen LogP contribution in [0.25, 0.3) is 4.72 Å². The van der Waals surface area contributed by atoms with Gasteiger partial charge in [0, 0.05) is 23.7 Å². The Kier molecular flexibility index (Phi) is 6.17. The molecule has 5 nitrogen and oxygen atoms in total. The Morgan fingerprint density at radius 2 is 2.05 bits per heavy atom. The SMILES string of the molecule is CN1CC[NH+](CC[N-]S(=O)(=O)Cc2c(F)cccc2Cl)CC1. The number of halogens is 2. The Labute approximate surface area is 136 Å². The van der Waals surface area contributed by atoms with Gasteiger partial charge in [-0.1, -0.05) is 24.2 Å². The van der Waals surface area contributed by atoms with Gasteiger partial charge in [-0.25, -0.2) is 12.8 Å². The van der Waals surface area contributed by atoms with Crippen LogP contribution in [0.2, 0.25) is 5.02 Å². The summed E-state index contributed by atoms with van der Waals surface area (Å²) in [5.41, 5.74) is -0.0140. The van der Waals surface area contributed by atoms with Crippen LogP contribution in [0.15, 0.2) is 18.2 Å². The highest BCUT2D eigenvalue weighted by molar-refractivity contribution is 7.93. The summed E-state index contributed by atoms with van der Waals surface area (Å²) in [6.45, 7) is 4.90. The number of nitrogens with one attached hydrogen (secondary N) is 1. The molecule has 2 rings (SSSR count). The molecule has 0 spiro atoms. The van der Waals surface area contributed by atoms with Gasteiger partial charge in [0.1, 0.15) is 5.82 Å². The predicted molar refractivity (Wildman–Crippen MR) is 85.3 cm³/mol. The molecule has 1 fully saturated rings. The van der Waals surface area contributed by atoms with E-state index in [2.05, 4.69) is 16.7 Å². The zero-order valence-corrected chi connectivity index (χ0v) is 14.1. The molecule has 22 heavy (non-hydrogen) atoms. The van der Waals surface area contributed by atoms with Gasteiger partial charge in [-0.05, 0) is 19.2 Å². The average Bonchev–Trinajstić information content (AvgIpc) is 2.45. The first-order valence-corrected chi connectivity index (χ1v) is 9.22. The molecule has 124 valence electrons. The van der Waals surface area contributed by atoms with E-state index in [1.54, 1.807) is 0 Å². The first-order valence-electron chi connectivity index (χ1n) is 7.24. The summed E-state index contributed by atoms with van der Waals surface area (Å²) in [7, 11) is -1.64. The molecule has 0 unspecified atom stereocenters. The molecule has 0 bridgehead atoms. The van der Waals surface area contributed by atoms with Crippen LogP contribution in [0.3, 0.4) is 0 Å². The lowest BCUT2D eigenvalue weighted by molar-refractivity contribution is -0.902. The zero-order chi connectivity index (χ0) is 16.2. The van der Waals surface area contributed by atoms with Gasteiger partial charge in [0.15, 0.2) is 0 Å². The van der Waals surface area contributed by atoms with Crippen molar-refractivity contribution in [2.24, 2.45) is 0 Å². The van der Waals surface area contributed by atoms with Crippen molar-refractivity contribution in [3.05, 3.63) is 39.3 Å². The van der Waals surface area contributed by atoms with Crippen molar-refractivity contribution in [1.82, 2.24) is 4.90 Å². The fourth-order valence-electron chi connectivity index (χ4n) is 2.43. The van der Waals surface area contributed by atoms with Crippen molar-refractivity contribution in [2.45, 2.75) is 5.75 Å². The second-order valence-corrected chi connectivity index (χ2v) is 7.70. The predicted octanol–water partition coefficient (Wildman–Crippen LogP) is 0.513. The van der Waals surface area contributed by atoms with Crippen LogP contribution in [0.4, 0.5) is 4.39 Å². The molecule has 0 atom stereocenters. The minimum atomic E-state index is -3.71. The van der Waals surface area contributed by atoms with E-state index >= 15 is 0 Å². The van der Waals surface area contributed by atoms with Gasteiger partial charge in [-0.2, -0.15) is 0 Å². The maximum absolute atomic E-state index is 13.6. The molecule has 1 N–H and O–H groups in total. The van der Waals surface area contributed by atoms with Crippen LogP contribution in [0, 0.1) is 5.82 Å². The van der Waals surface area contributed by atoms with E-state index in [1.807, 2.05) is 0 Å². The highest BCUT2D eigenvalue weighted by Gasteiger charge is 2.16. The molecule has 0 radical (unpaired) electrons. The van der Waals surface area contributed by atoms with Gasteiger partial charge in [-0.15, -0.1) is 0 Å². The first-order chi connectivity index (χ1) is 10.4. The molecule has 0 amide bonds. The summed E-state index contributed by atoms with van der Waals surface area (Å²) in [4.78, 5) is 3.60. The standard InChI is InChI=1S/C14H20ClFN3O2S/c1-18-7-9-19(10-8-18)6-5-17-22(20,21)11-12-13(15)3-2-4-14(12)16/h2-4H,5-11H2,1H3/q-1/p+1. The number of likely N-dealkylation sites (N-methyl/N-ethyl adjacent to an activating group) is 1. The van der Waals surface area contributed by atoms with Crippen molar-refractivity contribution in [3.63, 3.8) is 0 Å². The summed E-state index contributed by atoms with van der Waals surface area (Å²) in [5.74, 6) is -1.10. The number of hydrogen-bond acceptors (Lipinski definition) is 3. The number of sulfonamides is 1. The lowest BCUT2D eigenvalue weighted by atomic mass is 10.2. The van der Waals surface area contributed by atoms with Crippen LogP contribution in [-0.4, -0.2) is 59.6 Å². The number of rotatable bonds is 6. The summed E-state index contributed by atoms with van der Waals surface area (Å²) >= 11 is 5.85. The average molecular weight is 350 g/mol. The van der Waals surface area contributed by atoms with E-state index in [0.29, 0.717) is 6.54 Å². The van der Waals surface area contributed by atoms with Crippen LogP contribution in [-0.2, 0) is 15.8 Å². The molecular weight excluding hydrogens is 329 g/mol. The smallest absolute Gasteiger partial charge is 0.128 e. The summed E-state index contributed by atoms with van der Waals surface area (Å²) < 4.78 is 41.4. The third-order valence-electron chi connectivity index (χ3n) is 3.84. The van der Waals surface area contributed by atoms with Gasteiger partial charge in [0.05, 0.1) is 35.4 Å². The van der Waals surface area contributed by atoms with E-state index in [0.717, 1.165) is 26.2 Å². The molecule has 1 heterocycles. The third-order valence-corrected chi connectivity index (χ3v) is 5.42. The molecule has 1 saturated heterocycles. The third kappa shape index (κ3) is 5.17. The van der Waals surface area contributed by atoms with Crippen LogP contribution in [0.5, 0.6) is 0 Å². The van der Waals surface area contributed by atoms with Gasteiger partial charge >= 0.3 is 0 Å². The Balaban J connectivity index is 1.84. The largest absolute Gasteiger partial charge is 0.544 e. The highest BCUT2D eigenvalue weighted by Crippen LogP contribution is 2.22. The molecule has 0 aromatic heterocycles. The second kappa shape index (κ2) is 7.70. The van der Waals surface area contributed by atoms with Crippen molar-refractivity contribution in [3.8, 4) is 0 Å². The Morgan fingerprint density at radius 1 is 1.36 bits per heavy atom. The molecule has 1 aromatic carbocycles. The Hall–Kier alpha value is -0.730. The number of nitrogens with zero attached hydrogens (tertiary/aromatic N) is 2. The number of piperazine rings is 1. The fraction of sp³-hybridized carbons (Fsp3) is 0.571. The zero-order valence-electron chi connectivity index (χ0n) is 12.6. The monoisotopic (exact) mass is 349 g/mol. The number of quaternary nitrogens is 1. The minimum Gasteiger partial charge on any atom is -0.544 e. The molecule has 1 aliphatic rings. The van der Waals surface area contributed by atoms with Crippen molar-refractivity contribution in [2.75, 3.05) is 46.3 Å². The van der Waals surface area contributed by atoms with Gasteiger partial charge in [0.25, 0.3) is 0 Å². The van der Waals surface area contributed by atoms with E-state index in [9.17, 15) is 12.8 Å². The molecule has 1 aromatic rings. The van der Waals surface area contributed by atoms with Gasteiger partial charge in [-0.3, -0.25) is 4.90 Å². The van der Waals surface area contributed by atoms with E-state index in [4.69, 9.17) is 11.6 Å². The molecule has 0 aliphatic carbocycles. The van der Waals surface area contributed by atoms with Gasteiger partial charge < -0.3 is 9.62 Å². The first kappa shape index (κ1) is 17.6. The Bertz CT molecular complexity index is 584. The van der Waals surface area contributed by atoms with E-state index in [1.165, 1.54) is 23.1 Å². The maximum Gasteiger partial charge on any atom is 0.128 e. The quantitative estimate of drug-likeness (QED) is 0.814. The molecule has 0 saturated carbocycles. The van der Waals surface area contributed by atoms with Gasteiger partial charge in [0.2, 0.25) is 0 Å². The lowest BCUT2D eigenvalue weighted by Gasteiger charge is -2.31. The fourth-order valence-corrected chi connectivity index (χ4v) is 3.85. The summed E-state index contributed by atoms with van der Waals surface area (Å²) in [6.07, 6.45) is 0.